The van der Waals surface area contributed by atoms with E-state index in [1.165, 1.54) is 43.5 Å². The Bertz CT molecular complexity index is 722. The van der Waals surface area contributed by atoms with Gasteiger partial charge in [-0.3, -0.25) is 0 Å². The molecule has 0 atom stereocenters. The molecule has 0 amide bonds. The topological polar surface area (TPSA) is 17.3 Å². The molecule has 1 heterocycles. The van der Waals surface area contributed by atoms with Crippen molar-refractivity contribution in [1.29, 1.82) is 0 Å². The van der Waals surface area contributed by atoms with Crippen molar-refractivity contribution in [3.8, 4) is 0 Å². The van der Waals surface area contributed by atoms with Crippen LogP contribution in [0.25, 0.3) is 0 Å². The first kappa shape index (κ1) is 15.2. The number of thiazole rings is 1. The molecule has 0 spiro atoms. The molecule has 0 aliphatic heterocycles. The summed E-state index contributed by atoms with van der Waals surface area (Å²) in [4.78, 5) is 5.65. The lowest BCUT2D eigenvalue weighted by Gasteiger charge is -2.13. The van der Waals surface area contributed by atoms with Crippen LogP contribution < -0.4 is 4.80 Å². The molecule has 1 aromatic carbocycles. The molecule has 0 N–H and O–H groups in total. The summed E-state index contributed by atoms with van der Waals surface area (Å²) in [6.07, 6.45) is 8.64. The zero-order chi connectivity index (χ0) is 15.4. The van der Waals surface area contributed by atoms with Crippen molar-refractivity contribution in [3.05, 3.63) is 57.6 Å². The van der Waals surface area contributed by atoms with E-state index in [9.17, 15) is 4.39 Å². The Balaban J connectivity index is 1.81. The molecule has 3 rings (SSSR count). The molecule has 0 fully saturated rings. The van der Waals surface area contributed by atoms with Gasteiger partial charge in [-0.15, -0.1) is 11.3 Å². The van der Waals surface area contributed by atoms with Gasteiger partial charge in [0.1, 0.15) is 5.82 Å². The third-order valence-corrected chi connectivity index (χ3v) is 5.07. The van der Waals surface area contributed by atoms with E-state index in [-0.39, 0.29) is 5.82 Å². The van der Waals surface area contributed by atoms with Gasteiger partial charge in [0.05, 0.1) is 5.69 Å². The average Bonchev–Trinajstić information content (AvgIpc) is 2.89. The van der Waals surface area contributed by atoms with Crippen LogP contribution in [0.4, 0.5) is 10.1 Å². The molecule has 2 nitrogen and oxygen atoms in total. The largest absolute Gasteiger partial charge is 0.321 e. The number of nitrogens with zero attached hydrogens (tertiary/aromatic N) is 2. The Morgan fingerprint density at radius 3 is 2.77 bits per heavy atom. The highest BCUT2D eigenvalue weighted by Gasteiger charge is 2.06. The second-order valence-electron chi connectivity index (χ2n) is 5.76. The van der Waals surface area contributed by atoms with Gasteiger partial charge in [-0.2, -0.15) is 0 Å². The second-order valence-corrected chi connectivity index (χ2v) is 6.59. The van der Waals surface area contributed by atoms with E-state index in [1.807, 2.05) is 0 Å². The minimum absolute atomic E-state index is 0.224. The lowest BCUT2D eigenvalue weighted by molar-refractivity contribution is 0.608. The molecule has 0 saturated heterocycles. The number of allylic oxidation sites excluding steroid dienone is 2. The Labute approximate surface area is 134 Å². The van der Waals surface area contributed by atoms with Crippen LogP contribution in [-0.4, -0.2) is 4.57 Å². The highest BCUT2D eigenvalue weighted by molar-refractivity contribution is 7.07. The van der Waals surface area contributed by atoms with Crippen molar-refractivity contribution in [2.24, 2.45) is 4.99 Å². The molecule has 1 aliphatic carbocycles. The van der Waals surface area contributed by atoms with E-state index in [4.69, 9.17) is 0 Å². The third-order valence-electron chi connectivity index (χ3n) is 4.08. The van der Waals surface area contributed by atoms with Crippen LogP contribution in [0.3, 0.4) is 0 Å². The molecule has 4 heteroatoms. The zero-order valence-electron chi connectivity index (χ0n) is 12.9. The smallest absolute Gasteiger partial charge is 0.190 e. The van der Waals surface area contributed by atoms with Crippen molar-refractivity contribution in [2.45, 2.75) is 45.6 Å². The van der Waals surface area contributed by atoms with E-state index < -0.39 is 0 Å². The third kappa shape index (κ3) is 3.74. The number of rotatable bonds is 4. The monoisotopic (exact) mass is 316 g/mol. The van der Waals surface area contributed by atoms with Gasteiger partial charge in [0, 0.05) is 17.6 Å². The van der Waals surface area contributed by atoms with Gasteiger partial charge >= 0.3 is 0 Å². The summed E-state index contributed by atoms with van der Waals surface area (Å²) in [6.45, 7) is 3.09. The summed E-state index contributed by atoms with van der Waals surface area (Å²) < 4.78 is 15.3. The van der Waals surface area contributed by atoms with Gasteiger partial charge in [0.2, 0.25) is 0 Å². The molecular weight excluding hydrogens is 295 g/mol. The minimum Gasteiger partial charge on any atom is -0.321 e. The van der Waals surface area contributed by atoms with E-state index in [1.54, 1.807) is 29.0 Å². The van der Waals surface area contributed by atoms with Gasteiger partial charge in [0.15, 0.2) is 4.80 Å². The Morgan fingerprint density at radius 2 is 2.05 bits per heavy atom. The summed E-state index contributed by atoms with van der Waals surface area (Å²) in [5.74, 6) is -0.224. The van der Waals surface area contributed by atoms with Gasteiger partial charge in [0.25, 0.3) is 0 Å². The number of benzene rings is 1. The van der Waals surface area contributed by atoms with Gasteiger partial charge in [-0.1, -0.05) is 11.6 Å². The quantitative estimate of drug-likeness (QED) is 0.697. The maximum Gasteiger partial charge on any atom is 0.190 e. The molecule has 0 unspecified atom stereocenters. The first-order valence-electron chi connectivity index (χ1n) is 7.85. The molecule has 0 saturated carbocycles. The van der Waals surface area contributed by atoms with Gasteiger partial charge < -0.3 is 4.57 Å². The summed E-state index contributed by atoms with van der Waals surface area (Å²) in [7, 11) is 0. The SMILES string of the molecule is Cc1csc(=Nc2ccc(F)cc2)n1CCC1=CCCCC1. The van der Waals surface area contributed by atoms with Crippen LogP contribution in [0.5, 0.6) is 0 Å². The molecule has 0 bridgehead atoms. The van der Waals surface area contributed by atoms with E-state index in [0.29, 0.717) is 0 Å². The highest BCUT2D eigenvalue weighted by atomic mass is 32.1. The lowest BCUT2D eigenvalue weighted by atomic mass is 9.97. The van der Waals surface area contributed by atoms with Crippen molar-refractivity contribution >= 4 is 17.0 Å². The zero-order valence-corrected chi connectivity index (χ0v) is 13.7. The van der Waals surface area contributed by atoms with Crippen LogP contribution in [0.2, 0.25) is 0 Å². The second kappa shape index (κ2) is 7.05. The molecule has 2 aromatic rings. The molecule has 116 valence electrons. The number of halogens is 1. The molecule has 1 aromatic heterocycles. The van der Waals surface area contributed by atoms with Crippen LogP contribution >= 0.6 is 11.3 Å². The molecular formula is C18H21FN2S. The summed E-state index contributed by atoms with van der Waals surface area (Å²) in [6, 6.07) is 6.35. The van der Waals surface area contributed by atoms with Crippen molar-refractivity contribution in [2.75, 3.05) is 0 Å². The first-order chi connectivity index (χ1) is 10.7. The molecule has 0 radical (unpaired) electrons. The maximum atomic E-state index is 13.0. The van der Waals surface area contributed by atoms with Crippen molar-refractivity contribution in [1.82, 2.24) is 4.57 Å². The summed E-state index contributed by atoms with van der Waals surface area (Å²) in [5, 5.41) is 2.14. The molecule has 1 aliphatic rings. The number of aromatic nitrogens is 1. The molecule has 22 heavy (non-hydrogen) atoms. The number of hydrogen-bond donors (Lipinski definition) is 0. The van der Waals surface area contributed by atoms with Crippen molar-refractivity contribution in [3.63, 3.8) is 0 Å². The summed E-state index contributed by atoms with van der Waals surface area (Å²) in [5.41, 5.74) is 3.62. The van der Waals surface area contributed by atoms with Crippen LogP contribution in [0.15, 0.2) is 46.3 Å². The standard InChI is InChI=1S/C18H21FN2S/c1-14-13-22-18(20-17-9-7-16(19)8-10-17)21(14)12-11-15-5-3-2-4-6-15/h5,7-10,13H,2-4,6,11-12H2,1H3. The average molecular weight is 316 g/mol. The lowest BCUT2D eigenvalue weighted by Crippen LogP contribution is -2.16. The minimum atomic E-state index is -0.224. The summed E-state index contributed by atoms with van der Waals surface area (Å²) >= 11 is 1.64. The number of aryl methyl sites for hydroxylation is 1. The maximum absolute atomic E-state index is 13.0. The fourth-order valence-electron chi connectivity index (χ4n) is 2.79. The van der Waals surface area contributed by atoms with E-state index in [0.717, 1.165) is 23.5 Å². The predicted octanol–water partition coefficient (Wildman–Crippen LogP) is 5.12. The van der Waals surface area contributed by atoms with Crippen LogP contribution in [0.1, 0.15) is 37.8 Å². The van der Waals surface area contributed by atoms with Crippen molar-refractivity contribution < 1.29 is 4.39 Å². The fourth-order valence-corrected chi connectivity index (χ4v) is 3.71. The van der Waals surface area contributed by atoms with E-state index >= 15 is 0 Å². The van der Waals surface area contributed by atoms with E-state index in [2.05, 4.69) is 27.9 Å². The van der Waals surface area contributed by atoms with Crippen LogP contribution in [-0.2, 0) is 6.54 Å². The fraction of sp³-hybridized carbons (Fsp3) is 0.389. The highest BCUT2D eigenvalue weighted by Crippen LogP contribution is 2.21. The van der Waals surface area contributed by atoms with Gasteiger partial charge in [-0.25, -0.2) is 9.38 Å². The normalized spacial score (nSPS) is 15.9. The predicted molar refractivity (Wildman–Crippen MR) is 89.8 cm³/mol. The van der Waals surface area contributed by atoms with Gasteiger partial charge in [-0.05, 0) is 63.3 Å². The van der Waals surface area contributed by atoms with Crippen LogP contribution in [0, 0.1) is 12.7 Å². The Morgan fingerprint density at radius 1 is 1.23 bits per heavy atom. The first-order valence-corrected chi connectivity index (χ1v) is 8.73. The number of hydrogen-bond acceptors (Lipinski definition) is 2. The Kier molecular flexibility index (Phi) is 4.88. The Hall–Kier alpha value is -1.68.